The Labute approximate surface area is 109 Å². The van der Waals surface area contributed by atoms with Crippen LogP contribution in [0.15, 0.2) is 22.7 Å². The highest BCUT2D eigenvalue weighted by Crippen LogP contribution is 2.30. The number of piperidine rings is 3. The van der Waals surface area contributed by atoms with Crippen LogP contribution in [0.4, 0.5) is 10.1 Å². The van der Waals surface area contributed by atoms with Crippen molar-refractivity contribution in [2.75, 3.05) is 25.0 Å². The predicted molar refractivity (Wildman–Crippen MR) is 70.7 cm³/mol. The fourth-order valence-electron chi connectivity index (χ4n) is 2.93. The van der Waals surface area contributed by atoms with E-state index < -0.39 is 0 Å². The molecular formula is C13H16BrFN2. The Morgan fingerprint density at radius 1 is 1.29 bits per heavy atom. The zero-order valence-electron chi connectivity index (χ0n) is 9.63. The molecule has 3 aliphatic rings. The molecule has 0 radical (unpaired) electrons. The van der Waals surface area contributed by atoms with Crippen LogP contribution >= 0.6 is 15.9 Å². The smallest absolute Gasteiger partial charge is 0.137 e. The highest BCUT2D eigenvalue weighted by atomic mass is 79.9. The standard InChI is InChI=1S/C13H16BrFN2/c14-11-7-10(1-2-12(11)15)16-13-8-17-5-3-9(13)4-6-17/h1-2,7,9,13,16H,3-6,8H2. The molecule has 4 heteroatoms. The summed E-state index contributed by atoms with van der Waals surface area (Å²) in [5.41, 5.74) is 1.01. The lowest BCUT2D eigenvalue weighted by Crippen LogP contribution is -2.53. The van der Waals surface area contributed by atoms with Gasteiger partial charge < -0.3 is 10.2 Å². The van der Waals surface area contributed by atoms with E-state index in [9.17, 15) is 4.39 Å². The van der Waals surface area contributed by atoms with Crippen molar-refractivity contribution in [3.63, 3.8) is 0 Å². The van der Waals surface area contributed by atoms with Gasteiger partial charge in [-0.05, 0) is 66.0 Å². The van der Waals surface area contributed by atoms with Gasteiger partial charge in [-0.15, -0.1) is 0 Å². The summed E-state index contributed by atoms with van der Waals surface area (Å²) in [7, 11) is 0. The van der Waals surface area contributed by atoms with Gasteiger partial charge in [0.15, 0.2) is 0 Å². The van der Waals surface area contributed by atoms with E-state index >= 15 is 0 Å². The fourth-order valence-corrected chi connectivity index (χ4v) is 3.31. The predicted octanol–water partition coefficient (Wildman–Crippen LogP) is 3.09. The molecule has 3 fully saturated rings. The third kappa shape index (κ3) is 2.33. The first-order valence-corrected chi connectivity index (χ1v) is 6.95. The third-order valence-electron chi connectivity index (χ3n) is 3.93. The van der Waals surface area contributed by atoms with E-state index in [0.29, 0.717) is 10.5 Å². The maximum absolute atomic E-state index is 13.1. The summed E-state index contributed by atoms with van der Waals surface area (Å²) in [5, 5.41) is 3.54. The normalized spacial score (nSPS) is 31.5. The zero-order valence-corrected chi connectivity index (χ0v) is 11.2. The number of hydrogen-bond donors (Lipinski definition) is 1. The number of anilines is 1. The van der Waals surface area contributed by atoms with Crippen molar-refractivity contribution in [3.05, 3.63) is 28.5 Å². The lowest BCUT2D eigenvalue weighted by Gasteiger charge is -2.45. The highest BCUT2D eigenvalue weighted by molar-refractivity contribution is 9.10. The van der Waals surface area contributed by atoms with Gasteiger partial charge in [0.1, 0.15) is 5.82 Å². The molecule has 2 nitrogen and oxygen atoms in total. The first-order valence-electron chi connectivity index (χ1n) is 6.16. The maximum atomic E-state index is 13.1. The summed E-state index contributed by atoms with van der Waals surface area (Å²) in [4.78, 5) is 2.51. The molecule has 1 aromatic carbocycles. The van der Waals surface area contributed by atoms with Gasteiger partial charge in [-0.3, -0.25) is 0 Å². The van der Waals surface area contributed by atoms with Crippen molar-refractivity contribution < 1.29 is 4.39 Å². The lowest BCUT2D eigenvalue weighted by atomic mass is 9.84. The van der Waals surface area contributed by atoms with Crippen molar-refractivity contribution in [2.45, 2.75) is 18.9 Å². The van der Waals surface area contributed by atoms with Crippen molar-refractivity contribution in [1.82, 2.24) is 4.90 Å². The molecule has 0 saturated carbocycles. The quantitative estimate of drug-likeness (QED) is 0.903. The van der Waals surface area contributed by atoms with Gasteiger partial charge >= 0.3 is 0 Å². The number of nitrogens with one attached hydrogen (secondary N) is 1. The minimum atomic E-state index is -0.204. The molecule has 0 aromatic heterocycles. The van der Waals surface area contributed by atoms with Crippen LogP contribution < -0.4 is 5.32 Å². The second-order valence-electron chi connectivity index (χ2n) is 5.02. The maximum Gasteiger partial charge on any atom is 0.137 e. The Kier molecular flexibility index (Phi) is 3.09. The van der Waals surface area contributed by atoms with Gasteiger partial charge in [-0.2, -0.15) is 0 Å². The van der Waals surface area contributed by atoms with Gasteiger partial charge in [0, 0.05) is 18.3 Å². The van der Waals surface area contributed by atoms with E-state index in [1.807, 2.05) is 12.1 Å². The highest BCUT2D eigenvalue weighted by Gasteiger charge is 2.33. The molecule has 17 heavy (non-hydrogen) atoms. The van der Waals surface area contributed by atoms with E-state index in [1.165, 1.54) is 32.0 Å². The molecule has 4 rings (SSSR count). The molecule has 3 saturated heterocycles. The molecule has 1 aromatic rings. The van der Waals surface area contributed by atoms with Crippen LogP contribution in [0.2, 0.25) is 0 Å². The third-order valence-corrected chi connectivity index (χ3v) is 4.54. The molecule has 0 spiro atoms. The summed E-state index contributed by atoms with van der Waals surface area (Å²) in [6, 6.07) is 5.67. The first kappa shape index (κ1) is 11.5. The number of benzene rings is 1. The van der Waals surface area contributed by atoms with Crippen molar-refractivity contribution in [3.8, 4) is 0 Å². The molecule has 1 N–H and O–H groups in total. The number of rotatable bonds is 2. The molecule has 3 heterocycles. The Balaban J connectivity index is 1.72. The van der Waals surface area contributed by atoms with Crippen molar-refractivity contribution >= 4 is 21.6 Å². The minimum Gasteiger partial charge on any atom is -0.381 e. The van der Waals surface area contributed by atoms with Crippen molar-refractivity contribution in [1.29, 1.82) is 0 Å². The Bertz CT molecular complexity index is 416. The average molecular weight is 299 g/mol. The topological polar surface area (TPSA) is 15.3 Å². The van der Waals surface area contributed by atoms with Crippen LogP contribution in [-0.2, 0) is 0 Å². The number of nitrogens with zero attached hydrogens (tertiary/aromatic N) is 1. The van der Waals surface area contributed by atoms with E-state index in [-0.39, 0.29) is 5.82 Å². The molecule has 2 bridgehead atoms. The van der Waals surface area contributed by atoms with Crippen LogP contribution in [-0.4, -0.2) is 30.6 Å². The summed E-state index contributed by atoms with van der Waals surface area (Å²) < 4.78 is 13.7. The first-order chi connectivity index (χ1) is 8.22. The van der Waals surface area contributed by atoms with E-state index in [1.54, 1.807) is 0 Å². The molecule has 0 amide bonds. The summed E-state index contributed by atoms with van der Waals surface area (Å²) in [6.07, 6.45) is 2.58. The number of fused-ring (bicyclic) bond motifs is 3. The lowest BCUT2D eigenvalue weighted by molar-refractivity contribution is 0.0975. The van der Waals surface area contributed by atoms with Crippen LogP contribution in [0.3, 0.4) is 0 Å². The van der Waals surface area contributed by atoms with E-state index in [4.69, 9.17) is 0 Å². The molecule has 1 atom stereocenters. The Hall–Kier alpha value is -0.610. The molecule has 3 aliphatic heterocycles. The van der Waals surface area contributed by atoms with Crippen LogP contribution in [0.25, 0.3) is 0 Å². The molecule has 1 unspecified atom stereocenters. The van der Waals surface area contributed by atoms with Gasteiger partial charge in [0.2, 0.25) is 0 Å². The monoisotopic (exact) mass is 298 g/mol. The SMILES string of the molecule is Fc1ccc(NC2CN3CCC2CC3)cc1Br. The van der Waals surface area contributed by atoms with Gasteiger partial charge in [0.05, 0.1) is 4.47 Å². The number of halogens is 2. The largest absolute Gasteiger partial charge is 0.381 e. The summed E-state index contributed by atoms with van der Waals surface area (Å²) >= 11 is 3.23. The van der Waals surface area contributed by atoms with Gasteiger partial charge in [0.25, 0.3) is 0 Å². The van der Waals surface area contributed by atoms with E-state index in [0.717, 1.165) is 18.2 Å². The molecule has 92 valence electrons. The summed E-state index contributed by atoms with van der Waals surface area (Å²) in [5.74, 6) is 0.577. The Morgan fingerprint density at radius 3 is 2.65 bits per heavy atom. The molecular weight excluding hydrogens is 283 g/mol. The summed E-state index contributed by atoms with van der Waals surface area (Å²) in [6.45, 7) is 3.62. The van der Waals surface area contributed by atoms with E-state index in [2.05, 4.69) is 26.1 Å². The zero-order chi connectivity index (χ0) is 11.8. The fraction of sp³-hybridized carbons (Fsp3) is 0.538. The minimum absolute atomic E-state index is 0.204. The second-order valence-corrected chi connectivity index (χ2v) is 5.87. The van der Waals surface area contributed by atoms with Crippen LogP contribution in [0.1, 0.15) is 12.8 Å². The van der Waals surface area contributed by atoms with Crippen molar-refractivity contribution in [2.24, 2.45) is 5.92 Å². The molecule has 0 aliphatic carbocycles. The van der Waals surface area contributed by atoms with Gasteiger partial charge in [-0.1, -0.05) is 0 Å². The van der Waals surface area contributed by atoms with Crippen LogP contribution in [0.5, 0.6) is 0 Å². The van der Waals surface area contributed by atoms with Crippen LogP contribution in [0, 0.1) is 11.7 Å². The Morgan fingerprint density at radius 2 is 2.06 bits per heavy atom. The van der Waals surface area contributed by atoms with Gasteiger partial charge in [-0.25, -0.2) is 4.39 Å². The average Bonchev–Trinajstić information content (AvgIpc) is 2.35. The second kappa shape index (κ2) is 4.58. The number of hydrogen-bond acceptors (Lipinski definition) is 2.